The fourth-order valence-electron chi connectivity index (χ4n) is 3.93. The molecule has 1 aliphatic carbocycles. The normalized spacial score (nSPS) is 16.2. The van der Waals surface area contributed by atoms with Crippen LogP contribution in [0.3, 0.4) is 0 Å². The average Bonchev–Trinajstić information content (AvgIpc) is 2.98. The fraction of sp³-hybridized carbons (Fsp3) is 0.0833. The van der Waals surface area contributed by atoms with Crippen LogP contribution in [0.15, 0.2) is 91.0 Å². The van der Waals surface area contributed by atoms with Gasteiger partial charge in [0.2, 0.25) is 0 Å². The van der Waals surface area contributed by atoms with Crippen LogP contribution in [0, 0.1) is 0 Å². The molecule has 0 bridgehead atoms. The molecule has 0 spiro atoms. The maximum atomic E-state index is 13.9. The number of ether oxygens (including phenoxy) is 1. The van der Waals surface area contributed by atoms with Crippen molar-refractivity contribution in [3.8, 4) is 0 Å². The predicted molar refractivity (Wildman–Crippen MR) is 104 cm³/mol. The topological polar surface area (TPSA) is 43.4 Å². The van der Waals surface area contributed by atoms with E-state index in [4.69, 9.17) is 4.74 Å². The van der Waals surface area contributed by atoms with Gasteiger partial charge in [-0.15, -0.1) is 0 Å². The second-order valence-electron chi connectivity index (χ2n) is 6.44. The molecule has 3 heteroatoms. The third-order valence-electron chi connectivity index (χ3n) is 5.08. The molecule has 0 radical (unpaired) electrons. The van der Waals surface area contributed by atoms with Gasteiger partial charge in [0.05, 0.1) is 7.11 Å². The summed E-state index contributed by atoms with van der Waals surface area (Å²) >= 11 is 0. The molecule has 4 rings (SSSR count). The molecule has 3 nitrogen and oxygen atoms in total. The Morgan fingerprint density at radius 1 is 0.815 bits per heavy atom. The Kier molecular flexibility index (Phi) is 4.21. The van der Waals surface area contributed by atoms with Crippen LogP contribution in [0.4, 0.5) is 0 Å². The molecular formula is C24H18O3. The number of methoxy groups -OCH3 is 1. The zero-order valence-corrected chi connectivity index (χ0v) is 14.9. The van der Waals surface area contributed by atoms with Gasteiger partial charge in [-0.1, -0.05) is 84.9 Å². The number of ketones is 1. The maximum absolute atomic E-state index is 13.9. The minimum atomic E-state index is -0.987. The van der Waals surface area contributed by atoms with Crippen molar-refractivity contribution in [2.45, 2.75) is 5.41 Å². The Hall–Kier alpha value is -3.46. The first kappa shape index (κ1) is 17.0. The summed E-state index contributed by atoms with van der Waals surface area (Å²) in [7, 11) is 1.31. The molecule has 0 unspecified atom stereocenters. The van der Waals surface area contributed by atoms with Crippen molar-refractivity contribution in [1.82, 2.24) is 0 Å². The van der Waals surface area contributed by atoms with Crippen LogP contribution >= 0.6 is 0 Å². The van der Waals surface area contributed by atoms with E-state index in [-0.39, 0.29) is 5.78 Å². The number of fused-ring (bicyclic) bond motifs is 1. The molecule has 0 heterocycles. The number of Topliss-reactive ketones (excluding diaryl/α,β-unsaturated/α-hetero) is 1. The quantitative estimate of drug-likeness (QED) is 0.524. The monoisotopic (exact) mass is 354 g/mol. The van der Waals surface area contributed by atoms with Crippen LogP contribution in [0.2, 0.25) is 0 Å². The molecule has 0 saturated heterocycles. The number of carbonyl (C=O) groups excluding carboxylic acids is 2. The average molecular weight is 354 g/mol. The van der Waals surface area contributed by atoms with E-state index in [1.807, 2.05) is 84.9 Å². The highest BCUT2D eigenvalue weighted by Gasteiger charge is 2.51. The van der Waals surface area contributed by atoms with Gasteiger partial charge in [-0.25, -0.2) is 4.79 Å². The number of hydrogen-bond donors (Lipinski definition) is 0. The third-order valence-corrected chi connectivity index (χ3v) is 5.08. The maximum Gasteiger partial charge on any atom is 0.331 e. The number of esters is 1. The van der Waals surface area contributed by atoms with Gasteiger partial charge in [-0.3, -0.25) is 4.79 Å². The number of hydrogen-bond acceptors (Lipinski definition) is 3. The van der Waals surface area contributed by atoms with Crippen molar-refractivity contribution >= 4 is 17.3 Å². The molecular weight excluding hydrogens is 336 g/mol. The minimum absolute atomic E-state index is 0.119. The second-order valence-corrected chi connectivity index (χ2v) is 6.44. The molecule has 0 amide bonds. The predicted octanol–water partition coefficient (Wildman–Crippen LogP) is 4.16. The molecule has 0 N–H and O–H groups in total. The highest BCUT2D eigenvalue weighted by Crippen LogP contribution is 2.50. The lowest BCUT2D eigenvalue weighted by Crippen LogP contribution is -2.34. The van der Waals surface area contributed by atoms with E-state index in [2.05, 4.69) is 0 Å². The van der Waals surface area contributed by atoms with Crippen LogP contribution in [-0.4, -0.2) is 18.9 Å². The van der Waals surface area contributed by atoms with Gasteiger partial charge in [0.25, 0.3) is 0 Å². The molecule has 0 atom stereocenters. The summed E-state index contributed by atoms with van der Waals surface area (Å²) in [5.41, 5.74) is 2.79. The van der Waals surface area contributed by atoms with E-state index in [9.17, 15) is 9.59 Å². The number of rotatable bonds is 3. The van der Waals surface area contributed by atoms with Gasteiger partial charge in [-0.2, -0.15) is 0 Å². The first-order valence-corrected chi connectivity index (χ1v) is 8.75. The summed E-state index contributed by atoms with van der Waals surface area (Å²) in [5.74, 6) is -0.656. The number of carbonyl (C=O) groups is 2. The van der Waals surface area contributed by atoms with Crippen molar-refractivity contribution in [1.29, 1.82) is 0 Å². The summed E-state index contributed by atoms with van der Waals surface area (Å²) in [6, 6.07) is 27.1. The Labute approximate surface area is 157 Å². The minimum Gasteiger partial charge on any atom is -0.466 e. The first-order chi connectivity index (χ1) is 13.2. The first-order valence-electron chi connectivity index (χ1n) is 8.75. The molecule has 3 aromatic carbocycles. The third kappa shape index (κ3) is 2.51. The lowest BCUT2D eigenvalue weighted by atomic mass is 9.69. The molecule has 27 heavy (non-hydrogen) atoms. The van der Waals surface area contributed by atoms with Gasteiger partial charge < -0.3 is 4.74 Å². The zero-order valence-electron chi connectivity index (χ0n) is 14.9. The van der Waals surface area contributed by atoms with E-state index < -0.39 is 11.4 Å². The van der Waals surface area contributed by atoms with E-state index in [0.29, 0.717) is 5.57 Å². The SMILES string of the molecule is COC(=O)/C=C1\C(=O)C(c2ccccc2)(c2ccccc2)c2ccccc21. The van der Waals surface area contributed by atoms with Crippen molar-refractivity contribution < 1.29 is 14.3 Å². The van der Waals surface area contributed by atoms with Crippen LogP contribution in [0.5, 0.6) is 0 Å². The zero-order chi connectivity index (χ0) is 18.9. The van der Waals surface area contributed by atoms with E-state index >= 15 is 0 Å². The van der Waals surface area contributed by atoms with Crippen LogP contribution in [0.25, 0.3) is 5.57 Å². The Morgan fingerprint density at radius 2 is 1.33 bits per heavy atom. The summed E-state index contributed by atoms with van der Waals surface area (Å²) in [6.07, 6.45) is 1.30. The summed E-state index contributed by atoms with van der Waals surface area (Å²) in [5, 5.41) is 0. The molecule has 0 fully saturated rings. The van der Waals surface area contributed by atoms with E-state index in [1.54, 1.807) is 0 Å². The Morgan fingerprint density at radius 3 is 1.89 bits per heavy atom. The van der Waals surface area contributed by atoms with Gasteiger partial charge >= 0.3 is 5.97 Å². The molecule has 0 aliphatic heterocycles. The summed E-state index contributed by atoms with van der Waals surface area (Å²) < 4.78 is 4.79. The number of benzene rings is 3. The number of allylic oxidation sites excluding steroid dienone is 1. The van der Waals surface area contributed by atoms with Crippen molar-refractivity contribution in [2.24, 2.45) is 0 Å². The van der Waals surface area contributed by atoms with Crippen molar-refractivity contribution in [3.63, 3.8) is 0 Å². The highest BCUT2D eigenvalue weighted by molar-refractivity contribution is 6.34. The smallest absolute Gasteiger partial charge is 0.331 e. The Balaban J connectivity index is 2.10. The molecule has 132 valence electrons. The van der Waals surface area contributed by atoms with Gasteiger partial charge in [0.15, 0.2) is 5.78 Å². The van der Waals surface area contributed by atoms with Crippen LogP contribution in [0.1, 0.15) is 22.3 Å². The van der Waals surface area contributed by atoms with Crippen LogP contribution in [-0.2, 0) is 19.7 Å². The largest absolute Gasteiger partial charge is 0.466 e. The summed E-state index contributed by atoms with van der Waals surface area (Å²) in [6.45, 7) is 0. The highest BCUT2D eigenvalue weighted by atomic mass is 16.5. The standard InChI is InChI=1S/C24H18O3/c1-27-22(25)16-20-19-14-8-9-15-21(19)24(23(20)26,17-10-4-2-5-11-17)18-12-6-3-7-13-18/h2-16H,1H3/b20-16-. The van der Waals surface area contributed by atoms with E-state index in [0.717, 1.165) is 22.3 Å². The van der Waals surface area contributed by atoms with Crippen molar-refractivity contribution in [3.05, 3.63) is 113 Å². The Bertz CT molecular complexity index is 994. The van der Waals surface area contributed by atoms with Gasteiger partial charge in [-0.05, 0) is 22.3 Å². The van der Waals surface area contributed by atoms with Gasteiger partial charge in [0, 0.05) is 11.6 Å². The lowest BCUT2D eigenvalue weighted by Gasteiger charge is -2.30. The molecule has 3 aromatic rings. The fourth-order valence-corrected chi connectivity index (χ4v) is 3.93. The van der Waals surface area contributed by atoms with Gasteiger partial charge in [0.1, 0.15) is 5.41 Å². The molecule has 0 aromatic heterocycles. The summed E-state index contributed by atoms with van der Waals surface area (Å²) in [4.78, 5) is 25.8. The molecule has 0 saturated carbocycles. The second kappa shape index (κ2) is 6.69. The van der Waals surface area contributed by atoms with E-state index in [1.165, 1.54) is 13.2 Å². The van der Waals surface area contributed by atoms with Crippen LogP contribution < -0.4 is 0 Å². The lowest BCUT2D eigenvalue weighted by molar-refractivity contribution is -0.135. The van der Waals surface area contributed by atoms with Crippen molar-refractivity contribution in [2.75, 3.05) is 7.11 Å². The molecule has 1 aliphatic rings.